The molecule has 2 fully saturated rings. The summed E-state index contributed by atoms with van der Waals surface area (Å²) in [6.07, 6.45) is 2.95. The maximum absolute atomic E-state index is 12.3. The van der Waals surface area contributed by atoms with Crippen LogP contribution in [-0.2, 0) is 9.59 Å². The summed E-state index contributed by atoms with van der Waals surface area (Å²) >= 11 is 1.53. The first-order chi connectivity index (χ1) is 8.11. The van der Waals surface area contributed by atoms with Gasteiger partial charge < -0.3 is 15.3 Å². The highest BCUT2D eigenvalue weighted by atomic mass is 32.2. The molecule has 2 rings (SSSR count). The Morgan fingerprint density at radius 3 is 2.76 bits per heavy atom. The highest BCUT2D eigenvalue weighted by Gasteiger charge is 2.41. The van der Waals surface area contributed by atoms with E-state index in [0.29, 0.717) is 5.75 Å². The Labute approximate surface area is 105 Å². The second kappa shape index (κ2) is 5.27. The SMILES string of the molecule is CC1SCC(C(=O)O)N1C(=O)[C@@H]1CCCCN1. The second-order valence-electron chi connectivity index (χ2n) is 4.53. The van der Waals surface area contributed by atoms with E-state index in [1.807, 2.05) is 6.92 Å². The van der Waals surface area contributed by atoms with Gasteiger partial charge in [0.15, 0.2) is 0 Å². The van der Waals surface area contributed by atoms with Crippen LogP contribution >= 0.6 is 11.8 Å². The number of carbonyl (C=O) groups is 2. The van der Waals surface area contributed by atoms with Gasteiger partial charge in [0.1, 0.15) is 6.04 Å². The minimum absolute atomic E-state index is 0.0349. The number of hydrogen-bond donors (Lipinski definition) is 2. The third-order valence-electron chi connectivity index (χ3n) is 3.37. The molecule has 2 aliphatic heterocycles. The van der Waals surface area contributed by atoms with Gasteiger partial charge in [0, 0.05) is 5.75 Å². The molecular formula is C11H18N2O3S. The summed E-state index contributed by atoms with van der Waals surface area (Å²) in [7, 11) is 0. The standard InChI is InChI=1S/C11H18N2O3S/c1-7-13(9(6-17-7)11(15)16)10(14)8-4-2-3-5-12-8/h7-9,12H,2-6H2,1H3,(H,15,16)/t7?,8-,9?/m0/s1. The maximum atomic E-state index is 12.3. The monoisotopic (exact) mass is 258 g/mol. The molecule has 1 amide bonds. The third-order valence-corrected chi connectivity index (χ3v) is 4.59. The molecule has 2 unspecified atom stereocenters. The summed E-state index contributed by atoms with van der Waals surface area (Å²) in [5.74, 6) is -0.449. The van der Waals surface area contributed by atoms with Crippen LogP contribution in [0.5, 0.6) is 0 Å². The molecule has 0 saturated carbocycles. The number of hydrogen-bond acceptors (Lipinski definition) is 4. The topological polar surface area (TPSA) is 69.6 Å². The average Bonchev–Trinajstić information content (AvgIpc) is 2.71. The van der Waals surface area contributed by atoms with Crippen molar-refractivity contribution in [1.82, 2.24) is 10.2 Å². The van der Waals surface area contributed by atoms with E-state index in [2.05, 4.69) is 5.32 Å². The maximum Gasteiger partial charge on any atom is 0.327 e. The zero-order chi connectivity index (χ0) is 12.4. The normalized spacial score (nSPS) is 33.7. The minimum Gasteiger partial charge on any atom is -0.480 e. The van der Waals surface area contributed by atoms with E-state index in [1.165, 1.54) is 16.7 Å². The molecule has 96 valence electrons. The number of nitrogens with one attached hydrogen (secondary N) is 1. The Kier molecular flexibility index (Phi) is 3.93. The summed E-state index contributed by atoms with van der Waals surface area (Å²) in [6.45, 7) is 2.75. The van der Waals surface area contributed by atoms with E-state index in [-0.39, 0.29) is 17.3 Å². The summed E-state index contributed by atoms with van der Waals surface area (Å²) in [6, 6.07) is -0.849. The van der Waals surface area contributed by atoms with Gasteiger partial charge in [-0.3, -0.25) is 4.79 Å². The number of thioether (sulfide) groups is 1. The Balaban J connectivity index is 2.07. The molecule has 17 heavy (non-hydrogen) atoms. The number of carboxylic acids is 1. The van der Waals surface area contributed by atoms with E-state index in [4.69, 9.17) is 5.11 Å². The van der Waals surface area contributed by atoms with Gasteiger partial charge in [-0.1, -0.05) is 6.42 Å². The molecule has 0 aliphatic carbocycles. The van der Waals surface area contributed by atoms with E-state index in [9.17, 15) is 9.59 Å². The van der Waals surface area contributed by atoms with Gasteiger partial charge in [-0.2, -0.15) is 0 Å². The van der Waals surface area contributed by atoms with Gasteiger partial charge in [0.2, 0.25) is 5.91 Å². The van der Waals surface area contributed by atoms with Crippen molar-refractivity contribution in [3.8, 4) is 0 Å². The quantitative estimate of drug-likeness (QED) is 0.755. The molecule has 6 heteroatoms. The van der Waals surface area contributed by atoms with Crippen LogP contribution in [-0.4, -0.2) is 51.6 Å². The smallest absolute Gasteiger partial charge is 0.327 e. The lowest BCUT2D eigenvalue weighted by Gasteiger charge is -2.31. The predicted octanol–water partition coefficient (Wildman–Crippen LogP) is 0.503. The first-order valence-electron chi connectivity index (χ1n) is 6.01. The van der Waals surface area contributed by atoms with Crippen molar-refractivity contribution in [2.75, 3.05) is 12.3 Å². The lowest BCUT2D eigenvalue weighted by Crippen LogP contribution is -2.54. The largest absolute Gasteiger partial charge is 0.480 e. The number of rotatable bonds is 2. The van der Waals surface area contributed by atoms with Crippen molar-refractivity contribution in [1.29, 1.82) is 0 Å². The predicted molar refractivity (Wildman–Crippen MR) is 65.8 cm³/mol. The zero-order valence-corrected chi connectivity index (χ0v) is 10.7. The first-order valence-corrected chi connectivity index (χ1v) is 7.06. The lowest BCUT2D eigenvalue weighted by molar-refractivity contribution is -0.150. The molecule has 0 spiro atoms. The second-order valence-corrected chi connectivity index (χ2v) is 5.88. The molecule has 2 N–H and O–H groups in total. The number of carbonyl (C=O) groups excluding carboxylic acids is 1. The Bertz CT molecular complexity index is 318. The molecule has 2 heterocycles. The highest BCUT2D eigenvalue weighted by Crippen LogP contribution is 2.30. The van der Waals surface area contributed by atoms with Crippen LogP contribution in [0.25, 0.3) is 0 Å². The van der Waals surface area contributed by atoms with Gasteiger partial charge in [0.05, 0.1) is 11.4 Å². The van der Waals surface area contributed by atoms with Crippen LogP contribution < -0.4 is 5.32 Å². The summed E-state index contributed by atoms with van der Waals surface area (Å²) in [5, 5.41) is 12.3. The van der Waals surface area contributed by atoms with Crippen LogP contribution in [0.15, 0.2) is 0 Å². The zero-order valence-electron chi connectivity index (χ0n) is 9.89. The fourth-order valence-corrected chi connectivity index (χ4v) is 3.59. The number of carboxylic acid groups (broad SMARTS) is 1. The molecule has 0 aromatic heterocycles. The van der Waals surface area contributed by atoms with Gasteiger partial charge >= 0.3 is 5.97 Å². The molecule has 0 aromatic rings. The minimum atomic E-state index is -0.897. The van der Waals surface area contributed by atoms with Crippen molar-refractivity contribution in [2.24, 2.45) is 0 Å². The Hall–Kier alpha value is -0.750. The van der Waals surface area contributed by atoms with Crippen LogP contribution in [0.1, 0.15) is 26.2 Å². The van der Waals surface area contributed by atoms with Crippen LogP contribution in [0.2, 0.25) is 0 Å². The number of amides is 1. The lowest BCUT2D eigenvalue weighted by atomic mass is 10.0. The Morgan fingerprint density at radius 2 is 2.18 bits per heavy atom. The molecular weight excluding hydrogens is 240 g/mol. The van der Waals surface area contributed by atoms with Crippen molar-refractivity contribution >= 4 is 23.6 Å². The van der Waals surface area contributed by atoms with Crippen molar-refractivity contribution in [3.63, 3.8) is 0 Å². The fourth-order valence-electron chi connectivity index (χ4n) is 2.41. The number of nitrogens with zero attached hydrogens (tertiary/aromatic N) is 1. The van der Waals surface area contributed by atoms with E-state index >= 15 is 0 Å². The fraction of sp³-hybridized carbons (Fsp3) is 0.818. The average molecular weight is 258 g/mol. The van der Waals surface area contributed by atoms with Gasteiger partial charge in [0.25, 0.3) is 0 Å². The van der Waals surface area contributed by atoms with Crippen LogP contribution in [0.4, 0.5) is 0 Å². The van der Waals surface area contributed by atoms with Crippen LogP contribution in [0, 0.1) is 0 Å². The van der Waals surface area contributed by atoms with Gasteiger partial charge in [-0.05, 0) is 26.3 Å². The molecule has 5 nitrogen and oxygen atoms in total. The van der Waals surface area contributed by atoms with E-state index in [1.54, 1.807) is 0 Å². The van der Waals surface area contributed by atoms with Crippen molar-refractivity contribution in [3.05, 3.63) is 0 Å². The molecule has 3 atom stereocenters. The van der Waals surface area contributed by atoms with Gasteiger partial charge in [-0.25, -0.2) is 4.79 Å². The molecule has 0 bridgehead atoms. The van der Waals surface area contributed by atoms with Crippen molar-refractivity contribution in [2.45, 2.75) is 43.6 Å². The number of piperidine rings is 1. The molecule has 0 radical (unpaired) electrons. The number of aliphatic carboxylic acids is 1. The highest BCUT2D eigenvalue weighted by molar-refractivity contribution is 8.00. The summed E-state index contributed by atoms with van der Waals surface area (Å²) in [4.78, 5) is 25.0. The molecule has 0 aromatic carbocycles. The molecule has 2 aliphatic rings. The van der Waals surface area contributed by atoms with E-state index in [0.717, 1.165) is 25.8 Å². The van der Waals surface area contributed by atoms with Gasteiger partial charge in [-0.15, -0.1) is 11.8 Å². The summed E-state index contributed by atoms with van der Waals surface area (Å²) in [5.41, 5.74) is 0. The van der Waals surface area contributed by atoms with E-state index < -0.39 is 12.0 Å². The third kappa shape index (κ3) is 2.57. The van der Waals surface area contributed by atoms with Crippen molar-refractivity contribution < 1.29 is 14.7 Å². The first kappa shape index (κ1) is 12.7. The summed E-state index contributed by atoms with van der Waals surface area (Å²) < 4.78 is 0. The van der Waals surface area contributed by atoms with Crippen LogP contribution in [0.3, 0.4) is 0 Å². The Morgan fingerprint density at radius 1 is 1.41 bits per heavy atom. The molecule has 2 saturated heterocycles.